The first-order valence-corrected chi connectivity index (χ1v) is 9.58. The molecule has 0 radical (unpaired) electrons. The summed E-state index contributed by atoms with van der Waals surface area (Å²) < 4.78 is 10.4. The lowest BCUT2D eigenvalue weighted by atomic mass is 9.97. The molecule has 0 fully saturated rings. The number of benzene rings is 3. The molecule has 0 aromatic heterocycles. The van der Waals surface area contributed by atoms with E-state index in [1.807, 2.05) is 42.5 Å². The van der Waals surface area contributed by atoms with Gasteiger partial charge in [-0.15, -0.1) is 0 Å². The number of phenols is 1. The molecule has 0 saturated heterocycles. The Bertz CT molecular complexity index is 1080. The van der Waals surface area contributed by atoms with E-state index in [0.29, 0.717) is 29.0 Å². The van der Waals surface area contributed by atoms with E-state index in [1.54, 1.807) is 44.6 Å². The second-order valence-corrected chi connectivity index (χ2v) is 6.94. The molecular formula is C24H22N2O4. The highest BCUT2D eigenvalue weighted by Gasteiger charge is 2.34. The smallest absolute Gasteiger partial charge is 0.274 e. The number of hydrogen-bond donors (Lipinski definition) is 1. The summed E-state index contributed by atoms with van der Waals surface area (Å²) in [5.41, 5.74) is 2.71. The first kappa shape index (κ1) is 19.5. The van der Waals surface area contributed by atoms with Gasteiger partial charge in [-0.05, 0) is 42.0 Å². The van der Waals surface area contributed by atoms with Crippen molar-refractivity contribution in [2.75, 3.05) is 14.2 Å². The van der Waals surface area contributed by atoms with Crippen molar-refractivity contribution in [1.29, 1.82) is 0 Å². The highest BCUT2D eigenvalue weighted by molar-refractivity contribution is 6.06. The van der Waals surface area contributed by atoms with E-state index >= 15 is 0 Å². The van der Waals surface area contributed by atoms with Crippen molar-refractivity contribution >= 4 is 11.6 Å². The van der Waals surface area contributed by atoms with Crippen LogP contribution in [0.3, 0.4) is 0 Å². The van der Waals surface area contributed by atoms with E-state index in [9.17, 15) is 9.90 Å². The molecule has 4 rings (SSSR count). The predicted octanol–water partition coefficient (Wildman–Crippen LogP) is 4.40. The number of methoxy groups -OCH3 is 2. The van der Waals surface area contributed by atoms with Gasteiger partial charge < -0.3 is 14.6 Å². The molecule has 30 heavy (non-hydrogen) atoms. The molecule has 0 unspecified atom stereocenters. The Morgan fingerprint density at radius 3 is 2.27 bits per heavy atom. The number of nitrogens with zero attached hydrogens (tertiary/aromatic N) is 2. The molecule has 1 aliphatic rings. The van der Waals surface area contributed by atoms with E-state index in [4.69, 9.17) is 9.47 Å². The van der Waals surface area contributed by atoms with Gasteiger partial charge >= 0.3 is 0 Å². The van der Waals surface area contributed by atoms with Crippen molar-refractivity contribution < 1.29 is 19.4 Å². The zero-order valence-corrected chi connectivity index (χ0v) is 16.8. The third-order valence-corrected chi connectivity index (χ3v) is 5.16. The molecule has 0 bridgehead atoms. The van der Waals surface area contributed by atoms with Gasteiger partial charge in [-0.2, -0.15) is 5.10 Å². The number of phenolic OH excluding ortho intramolecular Hbond substituents is 1. The minimum absolute atomic E-state index is 0.0654. The Hall–Kier alpha value is -3.80. The van der Waals surface area contributed by atoms with Crippen LogP contribution in [0.4, 0.5) is 0 Å². The number of ether oxygens (including phenoxy) is 2. The highest BCUT2D eigenvalue weighted by atomic mass is 16.5. The van der Waals surface area contributed by atoms with E-state index in [0.717, 1.165) is 11.3 Å². The molecule has 6 nitrogen and oxygen atoms in total. The van der Waals surface area contributed by atoms with Gasteiger partial charge in [0, 0.05) is 23.6 Å². The SMILES string of the molecule is COc1ccc([C@@H]2CC(c3ccc(OC)cc3O)=NN2C(=O)c2ccccc2)cc1. The summed E-state index contributed by atoms with van der Waals surface area (Å²) in [7, 11) is 3.16. The molecule has 0 saturated carbocycles. The largest absolute Gasteiger partial charge is 0.507 e. The van der Waals surface area contributed by atoms with Gasteiger partial charge in [0.1, 0.15) is 17.2 Å². The summed E-state index contributed by atoms with van der Waals surface area (Å²) in [6.45, 7) is 0. The van der Waals surface area contributed by atoms with Crippen LogP contribution in [0.15, 0.2) is 77.9 Å². The summed E-state index contributed by atoms with van der Waals surface area (Å²) in [6.07, 6.45) is 0.477. The Balaban J connectivity index is 1.73. The summed E-state index contributed by atoms with van der Waals surface area (Å²) in [6, 6.07) is 21.4. The minimum Gasteiger partial charge on any atom is -0.507 e. The maximum atomic E-state index is 13.2. The van der Waals surface area contributed by atoms with Crippen LogP contribution < -0.4 is 9.47 Å². The molecular weight excluding hydrogens is 380 g/mol. The molecule has 1 aliphatic heterocycles. The Morgan fingerprint density at radius 1 is 0.967 bits per heavy atom. The molecule has 0 spiro atoms. The van der Waals surface area contributed by atoms with Gasteiger partial charge in [-0.3, -0.25) is 4.79 Å². The number of carbonyl (C=O) groups excluding carboxylic acids is 1. The topological polar surface area (TPSA) is 71.4 Å². The quantitative estimate of drug-likeness (QED) is 0.687. The summed E-state index contributed by atoms with van der Waals surface area (Å²) in [5.74, 6) is 1.17. The van der Waals surface area contributed by atoms with E-state index in [1.165, 1.54) is 5.01 Å². The monoisotopic (exact) mass is 402 g/mol. The first-order valence-electron chi connectivity index (χ1n) is 9.58. The number of carbonyl (C=O) groups is 1. The van der Waals surface area contributed by atoms with Gasteiger partial charge in [0.2, 0.25) is 0 Å². The van der Waals surface area contributed by atoms with Crippen molar-refractivity contribution in [1.82, 2.24) is 5.01 Å². The van der Waals surface area contributed by atoms with Gasteiger partial charge in [-0.1, -0.05) is 30.3 Å². The van der Waals surface area contributed by atoms with Crippen molar-refractivity contribution in [3.8, 4) is 17.2 Å². The predicted molar refractivity (Wildman–Crippen MR) is 114 cm³/mol. The molecule has 1 N–H and O–H groups in total. The average Bonchev–Trinajstić information content (AvgIpc) is 3.24. The summed E-state index contributed by atoms with van der Waals surface area (Å²) >= 11 is 0. The molecule has 6 heteroatoms. The highest BCUT2D eigenvalue weighted by Crippen LogP contribution is 2.37. The minimum atomic E-state index is -0.292. The summed E-state index contributed by atoms with van der Waals surface area (Å²) in [4.78, 5) is 13.2. The van der Waals surface area contributed by atoms with Crippen LogP contribution >= 0.6 is 0 Å². The molecule has 3 aromatic carbocycles. The van der Waals surface area contributed by atoms with Crippen LogP contribution in [0, 0.1) is 0 Å². The Labute approximate surface area is 175 Å². The number of aromatic hydroxyl groups is 1. The molecule has 152 valence electrons. The third-order valence-electron chi connectivity index (χ3n) is 5.16. The second kappa shape index (κ2) is 8.29. The molecule has 1 heterocycles. The zero-order chi connectivity index (χ0) is 21.1. The lowest BCUT2D eigenvalue weighted by Crippen LogP contribution is -2.27. The lowest BCUT2D eigenvalue weighted by molar-refractivity contribution is 0.0711. The number of amides is 1. The number of rotatable bonds is 5. The van der Waals surface area contributed by atoms with Crippen molar-refractivity contribution in [3.05, 3.63) is 89.5 Å². The van der Waals surface area contributed by atoms with Crippen LogP contribution in [0.1, 0.15) is 33.9 Å². The second-order valence-electron chi connectivity index (χ2n) is 6.94. The fourth-order valence-corrected chi connectivity index (χ4v) is 3.54. The fourth-order valence-electron chi connectivity index (χ4n) is 3.54. The van der Waals surface area contributed by atoms with Crippen molar-refractivity contribution in [2.24, 2.45) is 5.10 Å². The maximum Gasteiger partial charge on any atom is 0.274 e. The van der Waals surface area contributed by atoms with Crippen molar-refractivity contribution in [2.45, 2.75) is 12.5 Å². The Morgan fingerprint density at radius 2 is 1.63 bits per heavy atom. The average molecular weight is 402 g/mol. The third kappa shape index (κ3) is 3.72. The van der Waals surface area contributed by atoms with Crippen LogP contribution in [-0.4, -0.2) is 36.0 Å². The fraction of sp³-hybridized carbons (Fsp3) is 0.167. The van der Waals surface area contributed by atoms with Crippen LogP contribution in [-0.2, 0) is 0 Å². The van der Waals surface area contributed by atoms with Crippen LogP contribution in [0.2, 0.25) is 0 Å². The molecule has 1 amide bonds. The number of hydrogen-bond acceptors (Lipinski definition) is 5. The molecule has 3 aromatic rings. The standard InChI is InChI=1S/C24H22N2O4/c1-29-18-10-8-16(9-11-18)22-15-21(20-13-12-19(30-2)14-23(20)27)25-26(22)24(28)17-6-4-3-5-7-17/h3-14,22,27H,15H2,1-2H3/t22-/m0/s1. The molecule has 1 atom stereocenters. The van der Waals surface area contributed by atoms with E-state index in [2.05, 4.69) is 5.10 Å². The first-order chi connectivity index (χ1) is 14.6. The normalized spacial score (nSPS) is 15.6. The molecule has 0 aliphatic carbocycles. The van der Waals surface area contributed by atoms with Gasteiger partial charge in [0.15, 0.2) is 0 Å². The zero-order valence-electron chi connectivity index (χ0n) is 16.8. The van der Waals surface area contributed by atoms with E-state index in [-0.39, 0.29) is 17.7 Å². The van der Waals surface area contributed by atoms with Crippen LogP contribution in [0.5, 0.6) is 17.2 Å². The van der Waals surface area contributed by atoms with E-state index < -0.39 is 0 Å². The van der Waals surface area contributed by atoms with Crippen LogP contribution in [0.25, 0.3) is 0 Å². The van der Waals surface area contributed by atoms with Crippen molar-refractivity contribution in [3.63, 3.8) is 0 Å². The van der Waals surface area contributed by atoms with Gasteiger partial charge in [0.05, 0.1) is 26.0 Å². The van der Waals surface area contributed by atoms with Gasteiger partial charge in [0.25, 0.3) is 5.91 Å². The lowest BCUT2D eigenvalue weighted by Gasteiger charge is -2.22. The Kier molecular flexibility index (Phi) is 5.39. The summed E-state index contributed by atoms with van der Waals surface area (Å²) in [5, 5.41) is 16.6. The maximum absolute atomic E-state index is 13.2. The number of hydrazone groups is 1. The van der Waals surface area contributed by atoms with Gasteiger partial charge in [-0.25, -0.2) is 5.01 Å².